The molecule has 3 aromatic carbocycles. The fourth-order valence-corrected chi connectivity index (χ4v) is 4.97. The quantitative estimate of drug-likeness (QED) is 0.109. The molecule has 13 heteroatoms. The molecule has 0 bridgehead atoms. The van der Waals surface area contributed by atoms with Gasteiger partial charge in [-0.3, -0.25) is 33.6 Å². The summed E-state index contributed by atoms with van der Waals surface area (Å²) in [5, 5.41) is 11.2. The number of fused-ring (bicyclic) bond motifs is 2. The molecule has 0 aliphatic rings. The van der Waals surface area contributed by atoms with E-state index in [2.05, 4.69) is 26.0 Å². The number of carbonyl (C=O) groups excluding carboxylic acids is 7. The highest BCUT2D eigenvalue weighted by atomic mass is 16.5. The third-order valence-corrected chi connectivity index (χ3v) is 7.52. The van der Waals surface area contributed by atoms with Gasteiger partial charge in [-0.05, 0) is 35.0 Å². The van der Waals surface area contributed by atoms with E-state index in [0.717, 1.165) is 10.8 Å². The third-order valence-electron chi connectivity index (χ3n) is 7.52. The van der Waals surface area contributed by atoms with E-state index in [4.69, 9.17) is 0 Å². The first-order valence-corrected chi connectivity index (χ1v) is 15.1. The smallest absolute Gasteiger partial charge is 0.325 e. The topological polar surface area (TPSA) is 181 Å². The minimum absolute atomic E-state index is 0.0513. The lowest BCUT2D eigenvalue weighted by atomic mass is 10.0. The van der Waals surface area contributed by atoms with Crippen LogP contribution in [-0.4, -0.2) is 78.9 Å². The van der Waals surface area contributed by atoms with E-state index >= 15 is 0 Å². The number of ketones is 2. The van der Waals surface area contributed by atoms with Gasteiger partial charge < -0.3 is 30.4 Å². The van der Waals surface area contributed by atoms with E-state index in [9.17, 15) is 33.6 Å². The molecule has 0 saturated heterocycles. The van der Waals surface area contributed by atoms with E-state index in [1.807, 2.05) is 30.3 Å². The van der Waals surface area contributed by atoms with Crippen molar-refractivity contribution in [1.82, 2.24) is 25.7 Å². The van der Waals surface area contributed by atoms with Crippen LogP contribution >= 0.6 is 0 Å². The Hall–Kier alpha value is -6.63. The highest BCUT2D eigenvalue weighted by Crippen LogP contribution is 2.24. The molecule has 5 rings (SSSR count). The van der Waals surface area contributed by atoms with E-state index in [1.54, 1.807) is 54.7 Å². The molecule has 0 atom stereocenters. The van der Waals surface area contributed by atoms with Crippen molar-refractivity contribution >= 4 is 57.5 Å². The molecule has 0 spiro atoms. The predicted octanol–water partition coefficient (Wildman–Crippen LogP) is 1.81. The van der Waals surface area contributed by atoms with Crippen LogP contribution in [0.15, 0.2) is 97.2 Å². The number of benzene rings is 3. The zero-order chi connectivity index (χ0) is 34.9. The number of hydrogen-bond donors (Lipinski definition) is 4. The van der Waals surface area contributed by atoms with Crippen LogP contribution in [0.25, 0.3) is 16.3 Å². The van der Waals surface area contributed by atoms with E-state index < -0.39 is 49.2 Å². The molecule has 49 heavy (non-hydrogen) atoms. The number of methoxy groups -OCH3 is 1. The van der Waals surface area contributed by atoms with Crippen LogP contribution in [0.4, 0.5) is 0 Å². The minimum Gasteiger partial charge on any atom is -0.468 e. The first-order chi connectivity index (χ1) is 23.6. The van der Waals surface area contributed by atoms with Crippen molar-refractivity contribution in [1.29, 1.82) is 0 Å². The lowest BCUT2D eigenvalue weighted by Gasteiger charge is -2.09. The number of amides is 4. The van der Waals surface area contributed by atoms with Gasteiger partial charge in [0.25, 0.3) is 5.91 Å². The number of hydrogen-bond acceptors (Lipinski definition) is 8. The van der Waals surface area contributed by atoms with Gasteiger partial charge in [0, 0.05) is 22.9 Å². The summed E-state index contributed by atoms with van der Waals surface area (Å²) in [4.78, 5) is 87.8. The summed E-state index contributed by atoms with van der Waals surface area (Å²) in [6.07, 6.45) is 1.55. The molecular weight excluding hydrogens is 630 g/mol. The van der Waals surface area contributed by atoms with Gasteiger partial charge in [-0.15, -0.1) is 0 Å². The van der Waals surface area contributed by atoms with Gasteiger partial charge in [-0.2, -0.15) is 0 Å². The number of rotatable bonds is 13. The fraction of sp³-hybridized carbons (Fsp3) is 0.139. The number of carbonyl (C=O) groups is 7. The number of pyridine rings is 1. The van der Waals surface area contributed by atoms with Crippen molar-refractivity contribution in [2.75, 3.05) is 33.3 Å². The van der Waals surface area contributed by atoms with Gasteiger partial charge in [0.05, 0.1) is 43.5 Å². The summed E-state index contributed by atoms with van der Waals surface area (Å²) >= 11 is 0. The van der Waals surface area contributed by atoms with Gasteiger partial charge in [0.2, 0.25) is 23.5 Å². The highest BCUT2D eigenvalue weighted by molar-refractivity contribution is 6.15. The molecule has 2 aromatic heterocycles. The minimum atomic E-state index is -0.699. The van der Waals surface area contributed by atoms with Crippen LogP contribution in [-0.2, 0) is 23.9 Å². The molecule has 5 aromatic rings. The molecule has 0 radical (unpaired) electrons. The molecule has 4 amide bonds. The first-order valence-electron chi connectivity index (χ1n) is 15.1. The van der Waals surface area contributed by atoms with Crippen LogP contribution < -0.4 is 21.3 Å². The standard InChI is InChI=1S/C36H31N5O8/c1-49-33(45)21-39-31(43)19-37-30(42)18-38-32(44)20-40-36(48)27-17-29(35(47)25-12-11-22-7-5-6-10-24(22)15-25)41-14-13-26(16-28(27)41)34(46)23-8-3-2-4-9-23/h2-17H,18-21H2,1H3,(H,37,42)(H,38,44)(H,39,43)(H,40,48). The van der Waals surface area contributed by atoms with E-state index in [1.165, 1.54) is 23.6 Å². The molecule has 2 heterocycles. The summed E-state index contributed by atoms with van der Waals surface area (Å²) in [6.45, 7) is -1.79. The second-order valence-corrected chi connectivity index (χ2v) is 10.8. The summed E-state index contributed by atoms with van der Waals surface area (Å²) in [5.41, 5.74) is 1.63. The van der Waals surface area contributed by atoms with Gasteiger partial charge >= 0.3 is 5.97 Å². The Labute approximate surface area is 279 Å². The van der Waals surface area contributed by atoms with E-state index in [0.29, 0.717) is 16.7 Å². The number of nitrogens with zero attached hydrogens (tertiary/aromatic N) is 1. The maximum absolute atomic E-state index is 13.8. The van der Waals surface area contributed by atoms with Crippen LogP contribution in [0, 0.1) is 0 Å². The number of nitrogens with one attached hydrogen (secondary N) is 4. The Morgan fingerprint density at radius 1 is 0.571 bits per heavy atom. The number of aromatic nitrogens is 1. The monoisotopic (exact) mass is 661 g/mol. The van der Waals surface area contributed by atoms with Crippen LogP contribution in [0.2, 0.25) is 0 Å². The summed E-state index contributed by atoms with van der Waals surface area (Å²) in [6, 6.07) is 26.0. The Morgan fingerprint density at radius 2 is 1.16 bits per heavy atom. The third kappa shape index (κ3) is 8.21. The molecule has 4 N–H and O–H groups in total. The zero-order valence-corrected chi connectivity index (χ0v) is 26.3. The van der Waals surface area contributed by atoms with Gasteiger partial charge in [-0.25, -0.2) is 0 Å². The Bertz CT molecular complexity index is 2100. The number of esters is 1. The van der Waals surface area contributed by atoms with E-state index in [-0.39, 0.29) is 34.9 Å². The van der Waals surface area contributed by atoms with Gasteiger partial charge in [-0.1, -0.05) is 66.7 Å². The van der Waals surface area contributed by atoms with Crippen molar-refractivity contribution in [3.05, 3.63) is 125 Å². The Kier molecular flexibility index (Phi) is 10.5. The molecule has 0 aliphatic carbocycles. The second kappa shape index (κ2) is 15.3. The SMILES string of the molecule is COC(=O)CNC(=O)CNC(=O)CNC(=O)CNC(=O)c1cc(C(=O)c2ccc3ccccc3c2)n2ccc(C(=O)c3ccccc3)cc12. The van der Waals surface area contributed by atoms with Crippen LogP contribution in [0.3, 0.4) is 0 Å². The lowest BCUT2D eigenvalue weighted by molar-refractivity contribution is -0.141. The zero-order valence-electron chi connectivity index (χ0n) is 26.3. The van der Waals surface area contributed by atoms with Crippen molar-refractivity contribution in [2.45, 2.75) is 0 Å². The molecular formula is C36H31N5O8. The maximum Gasteiger partial charge on any atom is 0.325 e. The summed E-state index contributed by atoms with van der Waals surface area (Å²) in [7, 11) is 1.17. The van der Waals surface area contributed by atoms with Crippen LogP contribution in [0.5, 0.6) is 0 Å². The average Bonchev–Trinajstić information content (AvgIpc) is 3.52. The van der Waals surface area contributed by atoms with Crippen molar-refractivity contribution in [3.63, 3.8) is 0 Å². The molecule has 0 unspecified atom stereocenters. The van der Waals surface area contributed by atoms with Crippen molar-refractivity contribution in [3.8, 4) is 0 Å². The fourth-order valence-electron chi connectivity index (χ4n) is 4.97. The van der Waals surface area contributed by atoms with Gasteiger partial charge in [0.15, 0.2) is 5.78 Å². The lowest BCUT2D eigenvalue weighted by Crippen LogP contribution is -2.44. The summed E-state index contributed by atoms with van der Waals surface area (Å²) < 4.78 is 5.93. The van der Waals surface area contributed by atoms with Crippen molar-refractivity contribution in [2.24, 2.45) is 0 Å². The Balaban J connectivity index is 1.31. The van der Waals surface area contributed by atoms with Crippen molar-refractivity contribution < 1.29 is 38.3 Å². The largest absolute Gasteiger partial charge is 0.468 e. The highest BCUT2D eigenvalue weighted by Gasteiger charge is 2.23. The van der Waals surface area contributed by atoms with Gasteiger partial charge in [0.1, 0.15) is 6.54 Å². The number of ether oxygens (including phenoxy) is 1. The first kappa shape index (κ1) is 33.7. The van der Waals surface area contributed by atoms with Crippen LogP contribution in [0.1, 0.15) is 42.3 Å². The molecule has 0 aliphatic heterocycles. The molecule has 0 fully saturated rings. The second-order valence-electron chi connectivity index (χ2n) is 10.8. The summed E-state index contributed by atoms with van der Waals surface area (Å²) in [5.74, 6) is -4.00. The molecule has 248 valence electrons. The average molecular weight is 662 g/mol. The Morgan fingerprint density at radius 3 is 1.84 bits per heavy atom. The predicted molar refractivity (Wildman–Crippen MR) is 178 cm³/mol. The molecule has 0 saturated carbocycles. The maximum atomic E-state index is 13.8. The normalized spacial score (nSPS) is 10.6. The molecule has 13 nitrogen and oxygen atoms in total.